The van der Waals surface area contributed by atoms with Gasteiger partial charge >= 0.3 is 0 Å². The van der Waals surface area contributed by atoms with Crippen molar-refractivity contribution < 1.29 is 14.3 Å². The van der Waals surface area contributed by atoms with Crippen molar-refractivity contribution in [2.75, 3.05) is 14.2 Å². The third-order valence-electron chi connectivity index (χ3n) is 4.98. The zero-order chi connectivity index (χ0) is 16.7. The Kier molecular flexibility index (Phi) is 3.59. The van der Waals surface area contributed by atoms with Gasteiger partial charge in [-0.3, -0.25) is 4.79 Å². The second-order valence-corrected chi connectivity index (χ2v) is 6.16. The van der Waals surface area contributed by atoms with E-state index in [9.17, 15) is 4.79 Å². The van der Waals surface area contributed by atoms with Crippen molar-refractivity contribution in [2.45, 2.75) is 31.3 Å². The van der Waals surface area contributed by atoms with E-state index in [1.165, 1.54) is 0 Å². The van der Waals surface area contributed by atoms with Crippen molar-refractivity contribution in [2.24, 2.45) is 0 Å². The van der Waals surface area contributed by atoms with Crippen LogP contribution < -0.4 is 9.47 Å². The number of hydrogen-bond donors (Lipinski definition) is 0. The van der Waals surface area contributed by atoms with Crippen LogP contribution in [0.4, 0.5) is 0 Å². The molecule has 4 rings (SSSR count). The lowest BCUT2D eigenvalue weighted by Crippen LogP contribution is -2.42. The van der Waals surface area contributed by atoms with Crippen molar-refractivity contribution in [3.63, 3.8) is 0 Å². The van der Waals surface area contributed by atoms with Crippen molar-refractivity contribution in [1.82, 2.24) is 14.9 Å². The van der Waals surface area contributed by atoms with Gasteiger partial charge in [0.25, 0.3) is 5.91 Å². The summed E-state index contributed by atoms with van der Waals surface area (Å²) in [5.41, 5.74) is 2.78. The molecule has 2 bridgehead atoms. The molecule has 0 spiro atoms. The summed E-state index contributed by atoms with van der Waals surface area (Å²) in [5, 5.41) is 0. The van der Waals surface area contributed by atoms with Gasteiger partial charge in [-0.25, -0.2) is 9.97 Å². The number of ether oxygens (including phenoxy) is 2. The summed E-state index contributed by atoms with van der Waals surface area (Å²) in [6, 6.07) is 5.59. The largest absolute Gasteiger partial charge is 0.493 e. The second-order valence-electron chi connectivity index (χ2n) is 6.16. The monoisotopic (exact) mass is 325 g/mol. The summed E-state index contributed by atoms with van der Waals surface area (Å²) in [6.07, 6.45) is 6.20. The molecule has 0 saturated carbocycles. The maximum atomic E-state index is 13.1. The molecular weight excluding hydrogens is 306 g/mol. The van der Waals surface area contributed by atoms with Gasteiger partial charge in [-0.05, 0) is 31.0 Å². The first-order chi connectivity index (χ1) is 11.7. The molecule has 2 atom stereocenters. The SMILES string of the molecule is COc1ccc(C(=O)N2C3CCC2c2cncnc2C3)cc1OC. The summed E-state index contributed by atoms with van der Waals surface area (Å²) >= 11 is 0. The van der Waals surface area contributed by atoms with Gasteiger partial charge in [0.05, 0.1) is 26.0 Å². The number of carbonyl (C=O) groups excluding carboxylic acids is 1. The van der Waals surface area contributed by atoms with Crippen LogP contribution in [0.3, 0.4) is 0 Å². The predicted molar refractivity (Wildman–Crippen MR) is 87.2 cm³/mol. The molecule has 6 heteroatoms. The molecule has 2 aliphatic heterocycles. The Morgan fingerprint density at radius 2 is 2.04 bits per heavy atom. The molecule has 0 aliphatic carbocycles. The molecule has 124 valence electrons. The molecule has 1 amide bonds. The van der Waals surface area contributed by atoms with Crippen LogP contribution in [0, 0.1) is 0 Å². The molecule has 1 aromatic heterocycles. The summed E-state index contributed by atoms with van der Waals surface area (Å²) in [5.74, 6) is 1.21. The molecular formula is C18H19N3O3. The van der Waals surface area contributed by atoms with E-state index in [2.05, 4.69) is 9.97 Å². The van der Waals surface area contributed by atoms with E-state index in [1.807, 2.05) is 11.1 Å². The number of carbonyl (C=O) groups is 1. The highest BCUT2D eigenvalue weighted by molar-refractivity contribution is 5.95. The third kappa shape index (κ3) is 2.21. The van der Waals surface area contributed by atoms with Crippen molar-refractivity contribution in [1.29, 1.82) is 0 Å². The molecule has 6 nitrogen and oxygen atoms in total. The van der Waals surface area contributed by atoms with Gasteiger partial charge in [-0.2, -0.15) is 0 Å². The fourth-order valence-corrected chi connectivity index (χ4v) is 3.85. The highest BCUT2D eigenvalue weighted by Crippen LogP contribution is 2.43. The van der Waals surface area contributed by atoms with Gasteiger partial charge in [0.15, 0.2) is 11.5 Å². The van der Waals surface area contributed by atoms with Crippen molar-refractivity contribution in [3.05, 3.63) is 47.5 Å². The topological polar surface area (TPSA) is 64.5 Å². The first-order valence-electron chi connectivity index (χ1n) is 8.06. The van der Waals surface area contributed by atoms with Crippen LogP contribution in [-0.2, 0) is 6.42 Å². The summed E-state index contributed by atoms with van der Waals surface area (Å²) in [7, 11) is 3.16. The number of aromatic nitrogens is 2. The Bertz CT molecular complexity index is 793. The summed E-state index contributed by atoms with van der Waals surface area (Å²) < 4.78 is 10.6. The average Bonchev–Trinajstić information content (AvgIpc) is 2.95. The fraction of sp³-hybridized carbons (Fsp3) is 0.389. The first-order valence-corrected chi connectivity index (χ1v) is 8.06. The zero-order valence-corrected chi connectivity index (χ0v) is 13.7. The van der Waals surface area contributed by atoms with Crippen LogP contribution in [0.15, 0.2) is 30.7 Å². The van der Waals surface area contributed by atoms with E-state index in [0.29, 0.717) is 17.1 Å². The second kappa shape index (κ2) is 5.78. The molecule has 2 aromatic rings. The average molecular weight is 325 g/mol. The number of amides is 1. The Morgan fingerprint density at radius 3 is 2.83 bits per heavy atom. The van der Waals surface area contributed by atoms with Crippen LogP contribution in [0.2, 0.25) is 0 Å². The lowest BCUT2D eigenvalue weighted by molar-refractivity contribution is 0.0643. The van der Waals surface area contributed by atoms with Gasteiger partial charge in [-0.15, -0.1) is 0 Å². The first kappa shape index (κ1) is 14.9. The Labute approximate surface area is 140 Å². The Balaban J connectivity index is 1.69. The maximum Gasteiger partial charge on any atom is 0.254 e. The van der Waals surface area contributed by atoms with Crippen LogP contribution >= 0.6 is 0 Å². The Morgan fingerprint density at radius 1 is 1.21 bits per heavy atom. The third-order valence-corrected chi connectivity index (χ3v) is 4.98. The highest BCUT2D eigenvalue weighted by Gasteiger charge is 2.43. The zero-order valence-electron chi connectivity index (χ0n) is 13.7. The molecule has 2 aliphatic rings. The van der Waals surface area contributed by atoms with Crippen LogP contribution in [0.5, 0.6) is 11.5 Å². The predicted octanol–water partition coefficient (Wildman–Crippen LogP) is 2.40. The van der Waals surface area contributed by atoms with Gasteiger partial charge in [0.1, 0.15) is 6.33 Å². The van der Waals surface area contributed by atoms with Gasteiger partial charge in [-0.1, -0.05) is 0 Å². The van der Waals surface area contributed by atoms with E-state index in [0.717, 1.165) is 30.5 Å². The lowest BCUT2D eigenvalue weighted by Gasteiger charge is -2.35. The van der Waals surface area contributed by atoms with E-state index in [4.69, 9.17) is 9.47 Å². The normalized spacial score (nSPS) is 21.3. The molecule has 0 radical (unpaired) electrons. The summed E-state index contributed by atoms with van der Waals surface area (Å²) in [6.45, 7) is 0. The van der Waals surface area contributed by atoms with Crippen LogP contribution in [-0.4, -0.2) is 41.0 Å². The number of hydrogen-bond acceptors (Lipinski definition) is 5. The molecule has 0 N–H and O–H groups in total. The Hall–Kier alpha value is -2.63. The number of methoxy groups -OCH3 is 2. The van der Waals surface area contributed by atoms with Gasteiger partial charge < -0.3 is 14.4 Å². The molecule has 24 heavy (non-hydrogen) atoms. The van der Waals surface area contributed by atoms with E-state index in [1.54, 1.807) is 38.7 Å². The number of nitrogens with zero attached hydrogens (tertiary/aromatic N) is 3. The number of benzene rings is 1. The van der Waals surface area contributed by atoms with E-state index in [-0.39, 0.29) is 18.0 Å². The van der Waals surface area contributed by atoms with Crippen molar-refractivity contribution >= 4 is 5.91 Å². The number of rotatable bonds is 3. The van der Waals surface area contributed by atoms with Crippen molar-refractivity contribution in [3.8, 4) is 11.5 Å². The number of fused-ring (bicyclic) bond motifs is 4. The lowest BCUT2D eigenvalue weighted by atomic mass is 9.98. The smallest absolute Gasteiger partial charge is 0.254 e. The van der Waals surface area contributed by atoms with E-state index >= 15 is 0 Å². The molecule has 1 saturated heterocycles. The minimum atomic E-state index is 0.0259. The molecule has 3 heterocycles. The van der Waals surface area contributed by atoms with Gasteiger partial charge in [0.2, 0.25) is 0 Å². The minimum absolute atomic E-state index is 0.0259. The van der Waals surface area contributed by atoms with E-state index < -0.39 is 0 Å². The molecule has 1 fully saturated rings. The molecule has 1 aromatic carbocycles. The van der Waals surface area contributed by atoms with Crippen LogP contribution in [0.1, 0.15) is 40.5 Å². The minimum Gasteiger partial charge on any atom is -0.493 e. The fourth-order valence-electron chi connectivity index (χ4n) is 3.85. The van der Waals surface area contributed by atoms with Gasteiger partial charge in [0, 0.05) is 29.8 Å². The van der Waals surface area contributed by atoms with Crippen LogP contribution in [0.25, 0.3) is 0 Å². The standard InChI is InChI=1S/C18H19N3O3/c1-23-16-6-3-11(7-17(16)24-2)18(22)21-12-4-5-15(21)13-9-19-10-20-14(13)8-12/h3,6-7,9-10,12,15H,4-5,8H2,1-2H3. The summed E-state index contributed by atoms with van der Waals surface area (Å²) in [4.78, 5) is 23.7. The highest BCUT2D eigenvalue weighted by atomic mass is 16.5. The maximum absolute atomic E-state index is 13.1. The molecule has 2 unspecified atom stereocenters. The quantitative estimate of drug-likeness (QED) is 0.867.